The van der Waals surface area contributed by atoms with Crippen LogP contribution in [0.2, 0.25) is 0 Å². The Morgan fingerprint density at radius 1 is 0.893 bits per heavy atom. The van der Waals surface area contributed by atoms with Gasteiger partial charge >= 0.3 is 0 Å². The highest BCUT2D eigenvalue weighted by molar-refractivity contribution is 9.10. The Morgan fingerprint density at radius 2 is 1.54 bits per heavy atom. The van der Waals surface area contributed by atoms with Crippen molar-refractivity contribution in [2.75, 3.05) is 25.1 Å². The number of fused-ring (bicyclic) bond motifs is 3. The predicted octanol–water partition coefficient (Wildman–Crippen LogP) is 2.99. The molecule has 0 aromatic heterocycles. The van der Waals surface area contributed by atoms with Crippen LogP contribution in [-0.4, -0.2) is 48.1 Å². The number of anilines is 1. The normalized spacial score (nSPS) is 27.4. The fourth-order valence-corrected chi connectivity index (χ4v) is 5.02. The number of benzene rings is 2. The molecule has 0 N–H and O–H groups in total. The number of methoxy groups -OCH3 is 1. The van der Waals surface area contributed by atoms with Crippen LogP contribution in [0.4, 0.5) is 5.69 Å². The van der Waals surface area contributed by atoms with Crippen LogP contribution in [0.15, 0.2) is 53.0 Å². The number of imide groups is 1. The minimum Gasteiger partial charge on any atom is -0.497 e. The van der Waals surface area contributed by atoms with Crippen LogP contribution in [0.1, 0.15) is 18.0 Å². The van der Waals surface area contributed by atoms with Gasteiger partial charge in [0, 0.05) is 17.6 Å². The third-order valence-electron chi connectivity index (χ3n) is 5.95. The second kappa shape index (κ2) is 6.69. The highest BCUT2D eigenvalue weighted by atomic mass is 79.9. The number of nitrogens with zero attached hydrogens (tertiary/aromatic N) is 3. The lowest BCUT2D eigenvalue weighted by atomic mass is 9.90. The zero-order chi connectivity index (χ0) is 19.4. The van der Waals surface area contributed by atoms with Crippen LogP contribution < -0.4 is 9.64 Å². The van der Waals surface area contributed by atoms with Crippen LogP contribution in [0.5, 0.6) is 5.75 Å². The zero-order valence-electron chi connectivity index (χ0n) is 15.4. The highest BCUT2D eigenvalue weighted by Crippen LogP contribution is 2.49. The molecule has 0 radical (unpaired) electrons. The number of halogens is 1. The molecule has 0 unspecified atom stereocenters. The fourth-order valence-electron chi connectivity index (χ4n) is 4.76. The number of hydrazine groups is 1. The van der Waals surface area contributed by atoms with E-state index < -0.39 is 12.0 Å². The topological polar surface area (TPSA) is 53.1 Å². The summed E-state index contributed by atoms with van der Waals surface area (Å²) in [7, 11) is 1.64. The maximum Gasteiger partial charge on any atom is 0.253 e. The number of amides is 2. The number of carbonyl (C=O) groups excluding carboxylic acids is 2. The van der Waals surface area contributed by atoms with Crippen molar-refractivity contribution in [1.82, 2.24) is 10.0 Å². The van der Waals surface area contributed by atoms with Gasteiger partial charge in [0.05, 0.1) is 24.8 Å². The zero-order valence-corrected chi connectivity index (χ0v) is 17.0. The van der Waals surface area contributed by atoms with E-state index in [-0.39, 0.29) is 17.9 Å². The van der Waals surface area contributed by atoms with Gasteiger partial charge in [0.2, 0.25) is 5.91 Å². The molecular formula is C21H20BrN3O3. The average Bonchev–Trinajstić information content (AvgIpc) is 3.35. The average molecular weight is 442 g/mol. The monoisotopic (exact) mass is 441 g/mol. The molecule has 3 heterocycles. The maximum absolute atomic E-state index is 13.4. The molecule has 28 heavy (non-hydrogen) atoms. The van der Waals surface area contributed by atoms with Gasteiger partial charge < -0.3 is 4.74 Å². The standard InChI is InChI=1S/C21H20BrN3O3/c1-28-16-9-3-13(4-10-16)18-17-19(24-12-2-11-23(18)24)21(27)25(20(17)26)15-7-5-14(22)6-8-15/h3-10,17-19H,2,11-12H2,1H3/t17-,18-,19+/m0/s1. The third kappa shape index (κ3) is 2.53. The number of carbonyl (C=O) groups is 2. The van der Waals surface area contributed by atoms with Crippen molar-refractivity contribution in [1.29, 1.82) is 0 Å². The van der Waals surface area contributed by atoms with Crippen LogP contribution in [-0.2, 0) is 9.59 Å². The van der Waals surface area contributed by atoms with Gasteiger partial charge in [0.25, 0.3) is 5.91 Å². The number of hydrogen-bond donors (Lipinski definition) is 0. The van der Waals surface area contributed by atoms with E-state index in [9.17, 15) is 9.59 Å². The van der Waals surface area contributed by atoms with E-state index in [0.29, 0.717) is 5.69 Å². The molecule has 0 aliphatic carbocycles. The molecular weight excluding hydrogens is 422 g/mol. The van der Waals surface area contributed by atoms with E-state index in [0.717, 1.165) is 35.3 Å². The Balaban J connectivity index is 1.55. The Labute approximate surface area is 171 Å². The molecule has 3 saturated heterocycles. The first-order valence-corrected chi connectivity index (χ1v) is 10.2. The molecule has 3 aliphatic heterocycles. The minimum absolute atomic E-state index is 0.118. The second-order valence-corrected chi connectivity index (χ2v) is 8.27. The van der Waals surface area contributed by atoms with E-state index in [1.165, 1.54) is 4.90 Å². The molecule has 2 amide bonds. The molecule has 0 spiro atoms. The largest absolute Gasteiger partial charge is 0.497 e. The molecule has 2 aromatic rings. The molecule has 3 fully saturated rings. The van der Waals surface area contributed by atoms with Crippen LogP contribution in [0, 0.1) is 5.92 Å². The van der Waals surface area contributed by atoms with E-state index >= 15 is 0 Å². The van der Waals surface area contributed by atoms with E-state index in [1.807, 2.05) is 48.5 Å². The number of rotatable bonds is 3. The van der Waals surface area contributed by atoms with Gasteiger partial charge in [-0.2, -0.15) is 0 Å². The Kier molecular flexibility index (Phi) is 4.26. The third-order valence-corrected chi connectivity index (χ3v) is 6.48. The summed E-state index contributed by atoms with van der Waals surface area (Å²) in [6, 6.07) is 14.6. The summed E-state index contributed by atoms with van der Waals surface area (Å²) in [5.74, 6) is 0.138. The molecule has 6 nitrogen and oxygen atoms in total. The van der Waals surface area contributed by atoms with Gasteiger partial charge in [0.1, 0.15) is 11.8 Å². The SMILES string of the molecule is COc1ccc([C@H]2[C@@H]3C(=O)N(c4ccc(Br)cc4)C(=O)[C@@H]3N3CCCN23)cc1. The second-order valence-electron chi connectivity index (χ2n) is 7.36. The van der Waals surface area contributed by atoms with E-state index in [4.69, 9.17) is 4.74 Å². The van der Waals surface area contributed by atoms with Crippen molar-refractivity contribution in [2.45, 2.75) is 18.5 Å². The van der Waals surface area contributed by atoms with Gasteiger partial charge in [-0.05, 0) is 48.4 Å². The fraction of sp³-hybridized carbons (Fsp3) is 0.333. The molecule has 0 bridgehead atoms. The predicted molar refractivity (Wildman–Crippen MR) is 108 cm³/mol. The molecule has 3 aliphatic rings. The molecule has 5 rings (SSSR count). The number of ether oxygens (including phenoxy) is 1. The quantitative estimate of drug-likeness (QED) is 0.685. The van der Waals surface area contributed by atoms with E-state index in [2.05, 4.69) is 25.9 Å². The van der Waals surface area contributed by atoms with Gasteiger partial charge in [-0.15, -0.1) is 0 Å². The Hall–Kier alpha value is -2.22. The molecule has 2 aromatic carbocycles. The molecule has 144 valence electrons. The van der Waals surface area contributed by atoms with Crippen molar-refractivity contribution >= 4 is 33.4 Å². The minimum atomic E-state index is -0.425. The summed E-state index contributed by atoms with van der Waals surface area (Å²) >= 11 is 3.41. The van der Waals surface area contributed by atoms with Gasteiger partial charge in [-0.25, -0.2) is 14.9 Å². The lowest BCUT2D eigenvalue weighted by Gasteiger charge is -2.29. The van der Waals surface area contributed by atoms with Gasteiger partial charge in [0.15, 0.2) is 0 Å². The smallest absolute Gasteiger partial charge is 0.253 e. The summed E-state index contributed by atoms with van der Waals surface area (Å²) in [5.41, 5.74) is 1.67. The Bertz CT molecular complexity index is 931. The maximum atomic E-state index is 13.4. The summed E-state index contributed by atoms with van der Waals surface area (Å²) < 4.78 is 6.18. The van der Waals surface area contributed by atoms with Gasteiger partial charge in [-0.1, -0.05) is 28.1 Å². The van der Waals surface area contributed by atoms with Crippen molar-refractivity contribution in [2.24, 2.45) is 5.92 Å². The van der Waals surface area contributed by atoms with Crippen LogP contribution in [0.25, 0.3) is 0 Å². The van der Waals surface area contributed by atoms with Crippen molar-refractivity contribution in [3.8, 4) is 5.75 Å². The first-order chi connectivity index (χ1) is 13.6. The van der Waals surface area contributed by atoms with E-state index in [1.54, 1.807) is 7.11 Å². The number of hydrogen-bond acceptors (Lipinski definition) is 5. The first kappa shape index (κ1) is 17.8. The van der Waals surface area contributed by atoms with Crippen molar-refractivity contribution < 1.29 is 14.3 Å². The van der Waals surface area contributed by atoms with Crippen LogP contribution in [0.3, 0.4) is 0 Å². The van der Waals surface area contributed by atoms with Crippen LogP contribution >= 0.6 is 15.9 Å². The van der Waals surface area contributed by atoms with Crippen molar-refractivity contribution in [3.05, 3.63) is 58.6 Å². The Morgan fingerprint density at radius 3 is 2.18 bits per heavy atom. The van der Waals surface area contributed by atoms with Crippen molar-refractivity contribution in [3.63, 3.8) is 0 Å². The highest BCUT2D eigenvalue weighted by Gasteiger charge is 2.62. The lowest BCUT2D eigenvalue weighted by Crippen LogP contribution is -2.44. The molecule has 3 atom stereocenters. The van der Waals surface area contributed by atoms with Gasteiger partial charge in [-0.3, -0.25) is 9.59 Å². The summed E-state index contributed by atoms with van der Waals surface area (Å²) in [6.45, 7) is 1.67. The summed E-state index contributed by atoms with van der Waals surface area (Å²) in [6.07, 6.45) is 0.996. The summed E-state index contributed by atoms with van der Waals surface area (Å²) in [4.78, 5) is 28.1. The molecule has 0 saturated carbocycles. The first-order valence-electron chi connectivity index (χ1n) is 9.40. The lowest BCUT2D eigenvalue weighted by molar-refractivity contribution is -0.126. The summed E-state index contributed by atoms with van der Waals surface area (Å²) in [5, 5.41) is 4.32. The molecule has 7 heteroatoms.